The number of carbonyl (C=O) groups excluding carboxylic acids is 1. The van der Waals surface area contributed by atoms with Crippen molar-refractivity contribution in [3.63, 3.8) is 0 Å². The molecule has 0 aliphatic rings. The number of para-hydroxylation sites is 1. The van der Waals surface area contributed by atoms with Gasteiger partial charge < -0.3 is 4.90 Å². The number of likely N-dealkylation sites (N-methyl/N-ethyl adjacent to an activating group) is 1. The summed E-state index contributed by atoms with van der Waals surface area (Å²) < 4.78 is 1.79. The van der Waals surface area contributed by atoms with Crippen molar-refractivity contribution in [1.82, 2.24) is 14.7 Å². The van der Waals surface area contributed by atoms with Gasteiger partial charge >= 0.3 is 0 Å². The van der Waals surface area contributed by atoms with Gasteiger partial charge in [0.25, 0.3) is 0 Å². The number of hydrogen-bond donors (Lipinski definition) is 0. The van der Waals surface area contributed by atoms with Crippen molar-refractivity contribution in [1.29, 1.82) is 0 Å². The van der Waals surface area contributed by atoms with Gasteiger partial charge in [0.2, 0.25) is 5.91 Å². The molecule has 126 valence electrons. The van der Waals surface area contributed by atoms with E-state index < -0.39 is 0 Å². The Bertz CT molecular complexity index is 853. The van der Waals surface area contributed by atoms with Gasteiger partial charge in [-0.15, -0.1) is 0 Å². The van der Waals surface area contributed by atoms with E-state index in [9.17, 15) is 4.79 Å². The summed E-state index contributed by atoms with van der Waals surface area (Å²) >= 11 is 0. The lowest BCUT2D eigenvalue weighted by molar-refractivity contribution is -0.126. The van der Waals surface area contributed by atoms with Crippen molar-refractivity contribution < 1.29 is 4.79 Å². The molecule has 2 aromatic carbocycles. The van der Waals surface area contributed by atoms with Crippen molar-refractivity contribution >= 4 is 12.0 Å². The molecular weight excluding hydrogens is 310 g/mol. The highest BCUT2D eigenvalue weighted by molar-refractivity contribution is 5.91. The zero-order chi connectivity index (χ0) is 17.6. The number of nitrogens with zero attached hydrogens (tertiary/aromatic N) is 3. The lowest BCUT2D eigenvalue weighted by Gasteiger charge is -2.24. The zero-order valence-electron chi connectivity index (χ0n) is 14.4. The number of carbonyl (C=O) groups is 1. The molecule has 0 radical (unpaired) electrons. The average molecular weight is 331 g/mol. The number of benzene rings is 2. The third-order valence-corrected chi connectivity index (χ3v) is 4.25. The molecule has 3 aromatic rings. The third-order valence-electron chi connectivity index (χ3n) is 4.25. The van der Waals surface area contributed by atoms with Crippen molar-refractivity contribution in [2.75, 3.05) is 7.05 Å². The van der Waals surface area contributed by atoms with Gasteiger partial charge in [-0.25, -0.2) is 4.68 Å². The van der Waals surface area contributed by atoms with E-state index in [4.69, 9.17) is 0 Å². The Morgan fingerprint density at radius 3 is 2.40 bits per heavy atom. The standard InChI is InChI=1S/C21H21N3O/c1-17(19-9-5-3-6-10-19)23(2)21(25)14-13-18-15-22-24(16-18)20-11-7-4-8-12-20/h3-17H,1-2H3. The molecule has 0 spiro atoms. The molecule has 1 heterocycles. The maximum atomic E-state index is 12.4. The van der Waals surface area contributed by atoms with Gasteiger partial charge in [-0.05, 0) is 30.7 Å². The molecule has 1 unspecified atom stereocenters. The summed E-state index contributed by atoms with van der Waals surface area (Å²) in [6.45, 7) is 2.02. The van der Waals surface area contributed by atoms with Crippen molar-refractivity contribution in [2.24, 2.45) is 0 Å². The minimum absolute atomic E-state index is 0.0189. The summed E-state index contributed by atoms with van der Waals surface area (Å²) in [5, 5.41) is 4.33. The Kier molecular flexibility index (Phi) is 5.09. The van der Waals surface area contributed by atoms with E-state index >= 15 is 0 Å². The fraction of sp³-hybridized carbons (Fsp3) is 0.143. The van der Waals surface area contributed by atoms with Crippen LogP contribution in [0.25, 0.3) is 11.8 Å². The van der Waals surface area contributed by atoms with E-state index in [0.29, 0.717) is 0 Å². The summed E-state index contributed by atoms with van der Waals surface area (Å²) in [6, 6.07) is 19.9. The van der Waals surface area contributed by atoms with Crippen LogP contribution in [0.5, 0.6) is 0 Å². The Morgan fingerprint density at radius 2 is 1.72 bits per heavy atom. The van der Waals surface area contributed by atoms with Crippen LogP contribution < -0.4 is 0 Å². The molecule has 4 heteroatoms. The molecule has 3 rings (SSSR count). The molecule has 25 heavy (non-hydrogen) atoms. The van der Waals surface area contributed by atoms with Crippen LogP contribution in [0.1, 0.15) is 24.1 Å². The van der Waals surface area contributed by atoms with Crippen molar-refractivity contribution in [3.05, 3.63) is 90.3 Å². The number of hydrogen-bond acceptors (Lipinski definition) is 2. The Morgan fingerprint density at radius 1 is 1.08 bits per heavy atom. The molecule has 0 aliphatic heterocycles. The minimum atomic E-state index is -0.0381. The Labute approximate surface area is 148 Å². The SMILES string of the molecule is CC(c1ccccc1)N(C)C(=O)C=Cc1cnn(-c2ccccc2)c1. The molecular formula is C21H21N3O. The molecule has 1 aromatic heterocycles. The summed E-state index contributed by atoms with van der Waals surface area (Å²) in [5.74, 6) is -0.0381. The topological polar surface area (TPSA) is 38.1 Å². The lowest BCUT2D eigenvalue weighted by atomic mass is 10.1. The molecule has 0 saturated carbocycles. The first-order chi connectivity index (χ1) is 12.1. The largest absolute Gasteiger partial charge is 0.335 e. The van der Waals surface area contributed by atoms with Crippen LogP contribution in [0.4, 0.5) is 0 Å². The zero-order valence-corrected chi connectivity index (χ0v) is 14.4. The second kappa shape index (κ2) is 7.62. The molecule has 1 amide bonds. The second-order valence-electron chi connectivity index (χ2n) is 5.92. The van der Waals surface area contributed by atoms with Gasteiger partial charge in [-0.1, -0.05) is 48.5 Å². The van der Waals surface area contributed by atoms with Gasteiger partial charge in [0.05, 0.1) is 17.9 Å². The quantitative estimate of drug-likeness (QED) is 0.660. The third kappa shape index (κ3) is 4.04. The number of aromatic nitrogens is 2. The molecule has 0 N–H and O–H groups in total. The fourth-order valence-corrected chi connectivity index (χ4v) is 2.58. The van der Waals surface area contributed by atoms with Crippen molar-refractivity contribution in [3.8, 4) is 5.69 Å². The molecule has 0 fully saturated rings. The summed E-state index contributed by atoms with van der Waals surface area (Å²) in [7, 11) is 1.82. The molecule has 1 atom stereocenters. The predicted octanol–water partition coefficient (Wildman–Crippen LogP) is 4.11. The maximum absolute atomic E-state index is 12.4. The van der Waals surface area contributed by atoms with E-state index in [1.165, 1.54) is 0 Å². The van der Waals surface area contributed by atoms with Gasteiger partial charge in [0.15, 0.2) is 0 Å². The highest BCUT2D eigenvalue weighted by Crippen LogP contribution is 2.18. The van der Waals surface area contributed by atoms with Gasteiger partial charge in [0.1, 0.15) is 0 Å². The van der Waals surface area contributed by atoms with Crippen LogP contribution in [0.3, 0.4) is 0 Å². The smallest absolute Gasteiger partial charge is 0.246 e. The Hall–Kier alpha value is -3.14. The van der Waals surface area contributed by atoms with Gasteiger partial charge in [-0.3, -0.25) is 4.79 Å². The number of rotatable bonds is 5. The van der Waals surface area contributed by atoms with Crippen LogP contribution in [0.2, 0.25) is 0 Å². The Balaban J connectivity index is 1.67. The van der Waals surface area contributed by atoms with E-state index in [2.05, 4.69) is 5.10 Å². The maximum Gasteiger partial charge on any atom is 0.246 e. The molecule has 0 bridgehead atoms. The highest BCUT2D eigenvalue weighted by atomic mass is 16.2. The summed E-state index contributed by atoms with van der Waals surface area (Å²) in [4.78, 5) is 14.1. The van der Waals surface area contributed by atoms with Crippen LogP contribution in [0.15, 0.2) is 79.1 Å². The second-order valence-corrected chi connectivity index (χ2v) is 5.92. The first-order valence-electron chi connectivity index (χ1n) is 8.25. The average Bonchev–Trinajstić information content (AvgIpc) is 3.15. The van der Waals surface area contributed by atoms with Crippen LogP contribution in [0, 0.1) is 0 Å². The van der Waals surface area contributed by atoms with Crippen molar-refractivity contribution in [2.45, 2.75) is 13.0 Å². The normalized spacial score (nSPS) is 12.2. The first-order valence-corrected chi connectivity index (χ1v) is 8.25. The van der Waals surface area contributed by atoms with Gasteiger partial charge in [-0.2, -0.15) is 5.10 Å². The highest BCUT2D eigenvalue weighted by Gasteiger charge is 2.14. The molecule has 0 aliphatic carbocycles. The van der Waals surface area contributed by atoms with Gasteiger partial charge in [0, 0.05) is 24.9 Å². The fourth-order valence-electron chi connectivity index (χ4n) is 2.58. The van der Waals surface area contributed by atoms with Crippen LogP contribution in [-0.2, 0) is 4.79 Å². The van der Waals surface area contributed by atoms with Crippen LogP contribution in [-0.4, -0.2) is 27.6 Å². The van der Waals surface area contributed by atoms with E-state index in [1.54, 1.807) is 27.9 Å². The molecule has 4 nitrogen and oxygen atoms in total. The number of amides is 1. The minimum Gasteiger partial charge on any atom is -0.335 e. The summed E-state index contributed by atoms with van der Waals surface area (Å²) in [6.07, 6.45) is 7.03. The summed E-state index contributed by atoms with van der Waals surface area (Å²) in [5.41, 5.74) is 2.99. The van der Waals surface area contributed by atoms with E-state index in [0.717, 1.165) is 16.8 Å². The van der Waals surface area contributed by atoms with Crippen LogP contribution >= 0.6 is 0 Å². The molecule has 0 saturated heterocycles. The lowest BCUT2D eigenvalue weighted by Crippen LogP contribution is -2.27. The monoisotopic (exact) mass is 331 g/mol. The predicted molar refractivity (Wildman–Crippen MR) is 100 cm³/mol. The van der Waals surface area contributed by atoms with E-state index in [1.807, 2.05) is 80.8 Å². The van der Waals surface area contributed by atoms with E-state index in [-0.39, 0.29) is 11.9 Å². The first kappa shape index (κ1) is 16.7.